The molecule has 2 N–H and O–H groups in total. The number of benzene rings is 3. The standard InChI is InChI=1S/C28H32ClN3O4S/c1-3-31-37(35,36)26-16-11-22(12-17-26)13-18-27(33)32(20-24-9-14-25(29)15-10-24)21(2)28(34)30-19-23-7-5-4-6-8-23/h4-12,14-17,21,31H,3,13,18-20H2,1-2H3,(H,30,34)/t21-/m0/s1. The first-order valence-corrected chi connectivity index (χ1v) is 14.0. The number of carbonyl (C=O) groups excluding carboxylic acids is 2. The van der Waals surface area contributed by atoms with E-state index in [1.165, 1.54) is 12.1 Å². The molecule has 0 unspecified atom stereocenters. The minimum absolute atomic E-state index is 0.170. The van der Waals surface area contributed by atoms with Crippen molar-refractivity contribution in [3.05, 3.63) is 101 Å². The summed E-state index contributed by atoms with van der Waals surface area (Å²) in [6, 6.07) is 22.5. The molecule has 0 spiro atoms. The van der Waals surface area contributed by atoms with Crippen molar-refractivity contribution in [2.45, 2.75) is 50.7 Å². The van der Waals surface area contributed by atoms with Gasteiger partial charge in [0.25, 0.3) is 0 Å². The number of amides is 2. The molecule has 0 fully saturated rings. The van der Waals surface area contributed by atoms with E-state index in [2.05, 4.69) is 10.0 Å². The van der Waals surface area contributed by atoms with Crippen molar-refractivity contribution in [2.75, 3.05) is 6.54 Å². The summed E-state index contributed by atoms with van der Waals surface area (Å²) in [5.74, 6) is -0.425. The molecule has 0 saturated carbocycles. The van der Waals surface area contributed by atoms with Crippen molar-refractivity contribution in [3.8, 4) is 0 Å². The molecule has 0 aliphatic heterocycles. The van der Waals surface area contributed by atoms with Crippen LogP contribution < -0.4 is 10.0 Å². The first kappa shape index (κ1) is 28.4. The topological polar surface area (TPSA) is 95.6 Å². The summed E-state index contributed by atoms with van der Waals surface area (Å²) < 4.78 is 26.8. The van der Waals surface area contributed by atoms with Crippen LogP contribution in [0.5, 0.6) is 0 Å². The van der Waals surface area contributed by atoms with Gasteiger partial charge in [-0.3, -0.25) is 9.59 Å². The van der Waals surface area contributed by atoms with Crippen molar-refractivity contribution >= 4 is 33.4 Å². The molecular formula is C28H32ClN3O4S. The van der Waals surface area contributed by atoms with E-state index < -0.39 is 16.1 Å². The molecule has 0 radical (unpaired) electrons. The molecule has 0 aliphatic carbocycles. The zero-order valence-electron chi connectivity index (χ0n) is 21.0. The summed E-state index contributed by atoms with van der Waals surface area (Å²) in [5, 5.41) is 3.51. The van der Waals surface area contributed by atoms with Gasteiger partial charge in [-0.2, -0.15) is 0 Å². The van der Waals surface area contributed by atoms with E-state index in [4.69, 9.17) is 11.6 Å². The first-order valence-electron chi connectivity index (χ1n) is 12.1. The molecule has 0 aliphatic rings. The fourth-order valence-electron chi connectivity index (χ4n) is 3.81. The van der Waals surface area contributed by atoms with Gasteiger partial charge in [-0.15, -0.1) is 0 Å². The maximum atomic E-state index is 13.3. The minimum Gasteiger partial charge on any atom is -0.350 e. The van der Waals surface area contributed by atoms with Crippen LogP contribution in [-0.2, 0) is 39.1 Å². The quantitative estimate of drug-likeness (QED) is 0.357. The lowest BCUT2D eigenvalue weighted by Gasteiger charge is -2.29. The number of hydrogen-bond acceptors (Lipinski definition) is 4. The van der Waals surface area contributed by atoms with E-state index in [1.807, 2.05) is 42.5 Å². The Morgan fingerprint density at radius 2 is 1.51 bits per heavy atom. The average molecular weight is 542 g/mol. The maximum absolute atomic E-state index is 13.3. The largest absolute Gasteiger partial charge is 0.350 e. The van der Waals surface area contributed by atoms with E-state index in [-0.39, 0.29) is 29.7 Å². The highest BCUT2D eigenvalue weighted by Crippen LogP contribution is 2.17. The van der Waals surface area contributed by atoms with Crippen LogP contribution in [0.25, 0.3) is 0 Å². The first-order chi connectivity index (χ1) is 17.7. The van der Waals surface area contributed by atoms with Crippen molar-refractivity contribution in [3.63, 3.8) is 0 Å². The van der Waals surface area contributed by atoms with E-state index >= 15 is 0 Å². The van der Waals surface area contributed by atoms with E-state index in [1.54, 1.807) is 43.0 Å². The third-order valence-electron chi connectivity index (χ3n) is 5.94. The molecule has 3 rings (SSSR count). The fraction of sp³-hybridized carbons (Fsp3) is 0.286. The van der Waals surface area contributed by atoms with Crippen molar-refractivity contribution in [2.24, 2.45) is 0 Å². The molecule has 0 heterocycles. The lowest BCUT2D eigenvalue weighted by molar-refractivity contribution is -0.140. The third kappa shape index (κ3) is 8.42. The monoisotopic (exact) mass is 541 g/mol. The van der Waals surface area contributed by atoms with Gasteiger partial charge in [0.2, 0.25) is 21.8 Å². The van der Waals surface area contributed by atoms with Crippen LogP contribution in [0.15, 0.2) is 83.8 Å². The second-order valence-corrected chi connectivity index (χ2v) is 10.9. The van der Waals surface area contributed by atoms with Gasteiger partial charge < -0.3 is 10.2 Å². The third-order valence-corrected chi connectivity index (χ3v) is 7.75. The molecule has 0 aromatic heterocycles. The Labute approximate surface area is 223 Å². The number of hydrogen-bond donors (Lipinski definition) is 2. The molecule has 1 atom stereocenters. The van der Waals surface area contributed by atoms with Gasteiger partial charge in [0.15, 0.2) is 0 Å². The van der Waals surface area contributed by atoms with Crippen LogP contribution in [0, 0.1) is 0 Å². The zero-order valence-corrected chi connectivity index (χ0v) is 22.6. The second kappa shape index (κ2) is 13.4. The average Bonchev–Trinajstić information content (AvgIpc) is 2.90. The summed E-state index contributed by atoms with van der Waals surface area (Å²) in [4.78, 5) is 28.1. The van der Waals surface area contributed by atoms with Crippen molar-refractivity contribution in [1.29, 1.82) is 0 Å². The fourth-order valence-corrected chi connectivity index (χ4v) is 4.97. The molecule has 2 amide bonds. The normalized spacial score (nSPS) is 12.1. The van der Waals surface area contributed by atoms with Gasteiger partial charge >= 0.3 is 0 Å². The Morgan fingerprint density at radius 3 is 2.14 bits per heavy atom. The SMILES string of the molecule is CCNS(=O)(=O)c1ccc(CCC(=O)N(Cc2ccc(Cl)cc2)[C@@H](C)C(=O)NCc2ccccc2)cc1. The molecule has 9 heteroatoms. The molecular weight excluding hydrogens is 510 g/mol. The number of sulfonamides is 1. The van der Waals surface area contributed by atoms with E-state index in [0.29, 0.717) is 24.5 Å². The lowest BCUT2D eigenvalue weighted by atomic mass is 10.1. The van der Waals surface area contributed by atoms with Crippen LogP contribution in [0.2, 0.25) is 5.02 Å². The number of carbonyl (C=O) groups is 2. The summed E-state index contributed by atoms with van der Waals surface area (Å²) in [5.41, 5.74) is 2.66. The smallest absolute Gasteiger partial charge is 0.242 e. The Balaban J connectivity index is 1.69. The molecule has 0 saturated heterocycles. The predicted molar refractivity (Wildman–Crippen MR) is 145 cm³/mol. The van der Waals surface area contributed by atoms with Gasteiger partial charge in [-0.1, -0.05) is 73.1 Å². The van der Waals surface area contributed by atoms with Crippen LogP contribution >= 0.6 is 11.6 Å². The van der Waals surface area contributed by atoms with Crippen molar-refractivity contribution < 1.29 is 18.0 Å². The van der Waals surface area contributed by atoms with Gasteiger partial charge in [0, 0.05) is 31.1 Å². The molecule has 37 heavy (non-hydrogen) atoms. The molecule has 196 valence electrons. The Kier molecular flexibility index (Phi) is 10.3. The lowest BCUT2D eigenvalue weighted by Crippen LogP contribution is -2.47. The summed E-state index contributed by atoms with van der Waals surface area (Å²) in [6.07, 6.45) is 0.582. The summed E-state index contributed by atoms with van der Waals surface area (Å²) in [6.45, 7) is 4.37. The number of nitrogens with one attached hydrogen (secondary N) is 2. The minimum atomic E-state index is -3.53. The molecule has 7 nitrogen and oxygen atoms in total. The van der Waals surface area contributed by atoms with Crippen LogP contribution in [0.1, 0.15) is 37.0 Å². The van der Waals surface area contributed by atoms with Gasteiger partial charge in [0.1, 0.15) is 6.04 Å². The highest BCUT2D eigenvalue weighted by Gasteiger charge is 2.26. The number of nitrogens with zero attached hydrogens (tertiary/aromatic N) is 1. The van der Waals surface area contributed by atoms with Crippen molar-refractivity contribution in [1.82, 2.24) is 14.9 Å². The second-order valence-electron chi connectivity index (χ2n) is 8.67. The number of halogens is 1. The number of aryl methyl sites for hydroxylation is 1. The van der Waals surface area contributed by atoms with Gasteiger partial charge in [-0.25, -0.2) is 13.1 Å². The number of rotatable bonds is 12. The van der Waals surface area contributed by atoms with E-state index in [0.717, 1.165) is 16.7 Å². The summed E-state index contributed by atoms with van der Waals surface area (Å²) in [7, 11) is -3.53. The predicted octanol–water partition coefficient (Wildman–Crippen LogP) is 4.30. The van der Waals surface area contributed by atoms with Crippen LogP contribution in [0.3, 0.4) is 0 Å². The molecule has 0 bridgehead atoms. The van der Waals surface area contributed by atoms with Crippen LogP contribution in [-0.4, -0.2) is 37.7 Å². The highest BCUT2D eigenvalue weighted by atomic mass is 35.5. The zero-order chi connectivity index (χ0) is 26.8. The van der Waals surface area contributed by atoms with Gasteiger partial charge in [0.05, 0.1) is 4.90 Å². The Bertz CT molecular complexity index is 1280. The Morgan fingerprint density at radius 1 is 0.892 bits per heavy atom. The summed E-state index contributed by atoms with van der Waals surface area (Å²) >= 11 is 6.01. The van der Waals surface area contributed by atoms with E-state index in [9.17, 15) is 18.0 Å². The van der Waals surface area contributed by atoms with Gasteiger partial charge in [-0.05, 0) is 54.3 Å². The molecule has 3 aromatic carbocycles. The highest BCUT2D eigenvalue weighted by molar-refractivity contribution is 7.89. The Hall–Kier alpha value is -3.20. The molecule has 3 aromatic rings. The van der Waals surface area contributed by atoms with Crippen LogP contribution in [0.4, 0.5) is 0 Å². The maximum Gasteiger partial charge on any atom is 0.242 e.